The van der Waals surface area contributed by atoms with E-state index in [2.05, 4.69) is 20.6 Å². The molecule has 5 nitrogen and oxygen atoms in total. The second kappa shape index (κ2) is 7.17. The Morgan fingerprint density at radius 3 is 2.57 bits per heavy atom. The van der Waals surface area contributed by atoms with Gasteiger partial charge in [-0.3, -0.25) is 14.8 Å². The maximum Gasteiger partial charge on any atom is 0.253 e. The molecule has 2 heterocycles. The molecule has 3 rings (SSSR count). The third kappa shape index (κ3) is 4.14. The summed E-state index contributed by atoms with van der Waals surface area (Å²) >= 11 is 0. The summed E-state index contributed by atoms with van der Waals surface area (Å²) in [5.41, 5.74) is 3.18. The van der Waals surface area contributed by atoms with Gasteiger partial charge in [-0.2, -0.15) is 0 Å². The lowest BCUT2D eigenvalue weighted by atomic mass is 10.2. The van der Waals surface area contributed by atoms with Crippen LogP contribution in [0.2, 0.25) is 0 Å². The van der Waals surface area contributed by atoms with E-state index in [1.807, 2.05) is 42.5 Å². The van der Waals surface area contributed by atoms with Crippen molar-refractivity contribution in [2.45, 2.75) is 6.54 Å². The van der Waals surface area contributed by atoms with Gasteiger partial charge in [-0.15, -0.1) is 0 Å². The number of pyridine rings is 2. The Bertz CT molecular complexity index is 775. The van der Waals surface area contributed by atoms with Gasteiger partial charge in [0, 0.05) is 30.8 Å². The van der Waals surface area contributed by atoms with E-state index in [4.69, 9.17) is 0 Å². The SMILES string of the molecule is O=C(NCc1cccnc1)c1cncc(Nc2ccccc2)c1. The molecule has 0 atom stereocenters. The molecule has 5 heteroatoms. The summed E-state index contributed by atoms with van der Waals surface area (Å²) in [5, 5.41) is 6.08. The summed E-state index contributed by atoms with van der Waals surface area (Å²) in [6.07, 6.45) is 6.67. The molecule has 1 amide bonds. The highest BCUT2D eigenvalue weighted by Crippen LogP contribution is 2.16. The predicted molar refractivity (Wildman–Crippen MR) is 89.4 cm³/mol. The average molecular weight is 304 g/mol. The highest BCUT2D eigenvalue weighted by atomic mass is 16.1. The first-order chi connectivity index (χ1) is 11.3. The van der Waals surface area contributed by atoms with E-state index in [-0.39, 0.29) is 5.91 Å². The van der Waals surface area contributed by atoms with Crippen LogP contribution in [0.25, 0.3) is 0 Å². The molecule has 2 aromatic heterocycles. The lowest BCUT2D eigenvalue weighted by Gasteiger charge is -2.08. The summed E-state index contributed by atoms with van der Waals surface area (Å²) in [7, 11) is 0. The van der Waals surface area contributed by atoms with Crippen LogP contribution in [0.3, 0.4) is 0 Å². The van der Waals surface area contributed by atoms with Gasteiger partial charge in [-0.05, 0) is 29.8 Å². The van der Waals surface area contributed by atoms with Crippen LogP contribution in [0.5, 0.6) is 0 Å². The van der Waals surface area contributed by atoms with Gasteiger partial charge in [0.15, 0.2) is 0 Å². The molecule has 3 aromatic rings. The van der Waals surface area contributed by atoms with Gasteiger partial charge >= 0.3 is 0 Å². The Morgan fingerprint density at radius 2 is 1.78 bits per heavy atom. The third-order valence-corrected chi connectivity index (χ3v) is 3.24. The topological polar surface area (TPSA) is 66.9 Å². The molecule has 1 aromatic carbocycles. The Hall–Kier alpha value is -3.21. The number of anilines is 2. The third-order valence-electron chi connectivity index (χ3n) is 3.24. The van der Waals surface area contributed by atoms with E-state index in [0.717, 1.165) is 16.9 Å². The van der Waals surface area contributed by atoms with Crippen LogP contribution in [0.15, 0.2) is 73.3 Å². The normalized spacial score (nSPS) is 10.1. The van der Waals surface area contributed by atoms with Crippen LogP contribution in [0.1, 0.15) is 15.9 Å². The molecule has 2 N–H and O–H groups in total. The van der Waals surface area contributed by atoms with Gasteiger partial charge in [-0.25, -0.2) is 0 Å². The van der Waals surface area contributed by atoms with Gasteiger partial charge in [0.1, 0.15) is 0 Å². The number of nitrogens with one attached hydrogen (secondary N) is 2. The second-order valence-electron chi connectivity index (χ2n) is 5.00. The number of para-hydroxylation sites is 1. The van der Waals surface area contributed by atoms with E-state index >= 15 is 0 Å². The van der Waals surface area contributed by atoms with Crippen molar-refractivity contribution in [3.05, 3.63) is 84.4 Å². The number of carbonyl (C=O) groups is 1. The van der Waals surface area contributed by atoms with Gasteiger partial charge in [0.2, 0.25) is 0 Å². The molecule has 0 unspecified atom stereocenters. The second-order valence-corrected chi connectivity index (χ2v) is 5.00. The first kappa shape index (κ1) is 14.7. The minimum Gasteiger partial charge on any atom is -0.354 e. The van der Waals surface area contributed by atoms with Crippen LogP contribution in [-0.2, 0) is 6.54 Å². The average Bonchev–Trinajstić information content (AvgIpc) is 2.62. The molecular formula is C18H16N4O. The summed E-state index contributed by atoms with van der Waals surface area (Å²) in [5.74, 6) is -0.168. The van der Waals surface area contributed by atoms with Crippen LogP contribution in [-0.4, -0.2) is 15.9 Å². The fourth-order valence-corrected chi connectivity index (χ4v) is 2.11. The number of amides is 1. The van der Waals surface area contributed by atoms with Crippen molar-refractivity contribution in [1.82, 2.24) is 15.3 Å². The number of benzene rings is 1. The fraction of sp³-hybridized carbons (Fsp3) is 0.0556. The summed E-state index contributed by atoms with van der Waals surface area (Å²) in [4.78, 5) is 20.4. The minimum atomic E-state index is -0.168. The van der Waals surface area contributed by atoms with E-state index in [1.54, 1.807) is 30.9 Å². The molecule has 0 spiro atoms. The molecule has 114 valence electrons. The number of rotatable bonds is 5. The molecular weight excluding hydrogens is 288 g/mol. The van der Waals surface area contributed by atoms with Crippen molar-refractivity contribution in [3.8, 4) is 0 Å². The molecule has 0 bridgehead atoms. The first-order valence-corrected chi connectivity index (χ1v) is 7.25. The van der Waals surface area contributed by atoms with E-state index in [9.17, 15) is 4.79 Å². The van der Waals surface area contributed by atoms with Crippen LogP contribution >= 0.6 is 0 Å². The lowest BCUT2D eigenvalue weighted by Crippen LogP contribution is -2.23. The van der Waals surface area contributed by atoms with Crippen LogP contribution < -0.4 is 10.6 Å². The fourth-order valence-electron chi connectivity index (χ4n) is 2.11. The van der Waals surface area contributed by atoms with Crippen molar-refractivity contribution < 1.29 is 4.79 Å². The first-order valence-electron chi connectivity index (χ1n) is 7.25. The van der Waals surface area contributed by atoms with Crippen LogP contribution in [0.4, 0.5) is 11.4 Å². The van der Waals surface area contributed by atoms with Gasteiger partial charge < -0.3 is 10.6 Å². The van der Waals surface area contributed by atoms with Crippen molar-refractivity contribution in [2.75, 3.05) is 5.32 Å². The zero-order valence-corrected chi connectivity index (χ0v) is 12.4. The van der Waals surface area contributed by atoms with E-state index in [1.165, 1.54) is 0 Å². The Kier molecular flexibility index (Phi) is 4.59. The maximum atomic E-state index is 12.2. The van der Waals surface area contributed by atoms with Gasteiger partial charge in [-0.1, -0.05) is 24.3 Å². The Balaban J connectivity index is 1.65. The molecule has 23 heavy (non-hydrogen) atoms. The quantitative estimate of drug-likeness (QED) is 0.760. The summed E-state index contributed by atoms with van der Waals surface area (Å²) in [6, 6.07) is 15.3. The number of aromatic nitrogens is 2. The predicted octanol–water partition coefficient (Wildman–Crippen LogP) is 3.15. The molecule has 0 radical (unpaired) electrons. The summed E-state index contributed by atoms with van der Waals surface area (Å²) in [6.45, 7) is 0.434. The standard InChI is InChI=1S/C18H16N4O/c23-18(21-11-14-5-4-8-19-10-14)15-9-17(13-20-12-15)22-16-6-2-1-3-7-16/h1-10,12-13,22H,11H2,(H,21,23). The van der Waals surface area contributed by atoms with E-state index < -0.39 is 0 Å². The highest BCUT2D eigenvalue weighted by molar-refractivity contribution is 5.94. The van der Waals surface area contributed by atoms with Crippen molar-refractivity contribution in [3.63, 3.8) is 0 Å². The van der Waals surface area contributed by atoms with Gasteiger partial charge in [0.05, 0.1) is 17.4 Å². The highest BCUT2D eigenvalue weighted by Gasteiger charge is 2.07. The molecule has 0 aliphatic heterocycles. The number of carbonyl (C=O) groups excluding carboxylic acids is 1. The molecule has 0 saturated carbocycles. The van der Waals surface area contributed by atoms with Crippen molar-refractivity contribution in [2.24, 2.45) is 0 Å². The Labute approximate surface area is 134 Å². The Morgan fingerprint density at radius 1 is 0.913 bits per heavy atom. The lowest BCUT2D eigenvalue weighted by molar-refractivity contribution is 0.0950. The molecule has 0 saturated heterocycles. The molecule has 0 fully saturated rings. The van der Waals surface area contributed by atoms with Crippen molar-refractivity contribution in [1.29, 1.82) is 0 Å². The smallest absolute Gasteiger partial charge is 0.253 e. The van der Waals surface area contributed by atoms with E-state index in [0.29, 0.717) is 12.1 Å². The largest absolute Gasteiger partial charge is 0.354 e. The monoisotopic (exact) mass is 304 g/mol. The zero-order chi connectivity index (χ0) is 15.9. The minimum absolute atomic E-state index is 0.168. The number of nitrogens with zero attached hydrogens (tertiary/aromatic N) is 2. The number of hydrogen-bond donors (Lipinski definition) is 2. The van der Waals surface area contributed by atoms with Crippen molar-refractivity contribution >= 4 is 17.3 Å². The van der Waals surface area contributed by atoms with Gasteiger partial charge in [0.25, 0.3) is 5.91 Å². The zero-order valence-electron chi connectivity index (χ0n) is 12.4. The molecule has 0 aliphatic carbocycles. The molecule has 0 aliphatic rings. The number of hydrogen-bond acceptors (Lipinski definition) is 4. The summed E-state index contributed by atoms with van der Waals surface area (Å²) < 4.78 is 0. The van der Waals surface area contributed by atoms with Crippen LogP contribution in [0, 0.1) is 0 Å². The maximum absolute atomic E-state index is 12.2.